The monoisotopic (exact) mass is 311 g/mol. The topological polar surface area (TPSA) is 75.4 Å². The minimum atomic E-state index is -0.197. The van der Waals surface area contributed by atoms with Crippen molar-refractivity contribution in [2.45, 2.75) is 19.8 Å². The van der Waals surface area contributed by atoms with Crippen LogP contribution < -0.4 is 11.1 Å². The highest BCUT2D eigenvalue weighted by atomic mass is 16.2. The molecule has 2 amide bonds. The van der Waals surface area contributed by atoms with Crippen LogP contribution in [0.5, 0.6) is 0 Å². The molecule has 2 aromatic rings. The van der Waals surface area contributed by atoms with Gasteiger partial charge in [-0.15, -0.1) is 0 Å². The molecule has 0 unspecified atom stereocenters. The third-order valence-corrected chi connectivity index (χ3v) is 4.19. The van der Waals surface area contributed by atoms with Crippen LogP contribution in [0, 0.1) is 0 Å². The molecule has 0 spiro atoms. The highest BCUT2D eigenvalue weighted by molar-refractivity contribution is 6.26. The van der Waals surface area contributed by atoms with E-state index in [0.29, 0.717) is 30.8 Å². The second-order valence-corrected chi connectivity index (χ2v) is 5.72. The number of nitrogens with one attached hydrogen (secondary N) is 1. The number of benzene rings is 2. The Morgan fingerprint density at radius 2 is 1.83 bits per heavy atom. The summed E-state index contributed by atoms with van der Waals surface area (Å²) in [6.45, 7) is 3.68. The molecule has 1 heterocycles. The van der Waals surface area contributed by atoms with E-state index in [1.807, 2.05) is 25.1 Å². The first-order chi connectivity index (χ1) is 11.2. The predicted molar refractivity (Wildman–Crippen MR) is 91.8 cm³/mol. The second-order valence-electron chi connectivity index (χ2n) is 5.72. The third-order valence-electron chi connectivity index (χ3n) is 4.19. The summed E-state index contributed by atoms with van der Waals surface area (Å²) in [5.41, 5.74) is 7.65. The fourth-order valence-corrected chi connectivity index (χ4v) is 3.03. The zero-order chi connectivity index (χ0) is 16.4. The molecule has 5 heteroatoms. The van der Waals surface area contributed by atoms with Gasteiger partial charge in [0, 0.05) is 47.2 Å². The van der Waals surface area contributed by atoms with Crippen molar-refractivity contribution in [3.63, 3.8) is 0 Å². The lowest BCUT2D eigenvalue weighted by atomic mass is 9.93. The number of imide groups is 1. The van der Waals surface area contributed by atoms with Crippen molar-refractivity contribution >= 4 is 28.3 Å². The summed E-state index contributed by atoms with van der Waals surface area (Å²) < 4.78 is 0. The zero-order valence-electron chi connectivity index (χ0n) is 13.3. The summed E-state index contributed by atoms with van der Waals surface area (Å²) in [5.74, 6) is -0.393. The van der Waals surface area contributed by atoms with E-state index in [1.54, 1.807) is 12.1 Å². The van der Waals surface area contributed by atoms with E-state index in [2.05, 4.69) is 5.32 Å². The van der Waals surface area contributed by atoms with Gasteiger partial charge >= 0.3 is 0 Å². The van der Waals surface area contributed by atoms with Gasteiger partial charge in [0.2, 0.25) is 0 Å². The molecular weight excluding hydrogens is 290 g/mol. The predicted octanol–water partition coefficient (Wildman–Crippen LogP) is 2.61. The second kappa shape index (κ2) is 6.38. The number of anilines is 1. The fraction of sp³-hybridized carbons (Fsp3) is 0.333. The number of hydrogen-bond acceptors (Lipinski definition) is 4. The molecule has 1 aliphatic heterocycles. The van der Waals surface area contributed by atoms with Crippen LogP contribution in [0.3, 0.4) is 0 Å². The lowest BCUT2D eigenvalue weighted by Crippen LogP contribution is -2.40. The molecule has 3 N–H and O–H groups in total. The third kappa shape index (κ3) is 2.57. The van der Waals surface area contributed by atoms with E-state index in [0.717, 1.165) is 29.3 Å². The van der Waals surface area contributed by atoms with Crippen LogP contribution in [0.4, 0.5) is 5.69 Å². The van der Waals surface area contributed by atoms with Crippen molar-refractivity contribution in [1.82, 2.24) is 4.90 Å². The molecule has 0 radical (unpaired) electrons. The number of nitrogens with two attached hydrogens (primary N) is 1. The number of amides is 2. The molecule has 1 aliphatic rings. The minimum absolute atomic E-state index is 0.197. The lowest BCUT2D eigenvalue weighted by Gasteiger charge is -2.27. The van der Waals surface area contributed by atoms with E-state index in [9.17, 15) is 9.59 Å². The molecule has 23 heavy (non-hydrogen) atoms. The molecule has 0 bridgehead atoms. The Morgan fingerprint density at radius 3 is 2.52 bits per heavy atom. The summed E-state index contributed by atoms with van der Waals surface area (Å²) in [4.78, 5) is 26.8. The van der Waals surface area contributed by atoms with Crippen molar-refractivity contribution in [2.24, 2.45) is 5.73 Å². The van der Waals surface area contributed by atoms with Gasteiger partial charge in [-0.05, 0) is 24.6 Å². The molecule has 2 aromatic carbocycles. The number of hydrogen-bond donors (Lipinski definition) is 2. The van der Waals surface area contributed by atoms with E-state index < -0.39 is 0 Å². The Balaban J connectivity index is 2.13. The normalized spacial score (nSPS) is 13.7. The van der Waals surface area contributed by atoms with Crippen LogP contribution in [-0.4, -0.2) is 36.3 Å². The summed E-state index contributed by atoms with van der Waals surface area (Å²) in [5, 5.41) is 4.90. The van der Waals surface area contributed by atoms with Crippen LogP contribution in [0.1, 0.15) is 40.5 Å². The summed E-state index contributed by atoms with van der Waals surface area (Å²) in [6, 6.07) is 9.29. The van der Waals surface area contributed by atoms with Gasteiger partial charge in [-0.3, -0.25) is 14.5 Å². The average molecular weight is 311 g/mol. The number of rotatable bonds is 6. The van der Waals surface area contributed by atoms with Crippen LogP contribution in [0.15, 0.2) is 30.3 Å². The van der Waals surface area contributed by atoms with Crippen LogP contribution >= 0.6 is 0 Å². The Labute approximate surface area is 135 Å². The van der Waals surface area contributed by atoms with Gasteiger partial charge in [-0.2, -0.15) is 0 Å². The molecule has 5 nitrogen and oxygen atoms in total. The van der Waals surface area contributed by atoms with Gasteiger partial charge in [-0.1, -0.05) is 25.5 Å². The first-order valence-electron chi connectivity index (χ1n) is 8.05. The van der Waals surface area contributed by atoms with Gasteiger partial charge in [0.1, 0.15) is 0 Å². The van der Waals surface area contributed by atoms with Gasteiger partial charge < -0.3 is 11.1 Å². The standard InChI is InChI=1S/C18H21N3O2/c1-2-3-11-21-17(22)13-6-4-5-12-15(20-10-9-19)8-7-14(16(12)13)18(21)23/h4-8,20H,2-3,9-11,19H2,1H3. The highest BCUT2D eigenvalue weighted by Crippen LogP contribution is 2.34. The highest BCUT2D eigenvalue weighted by Gasteiger charge is 2.32. The maximum atomic E-state index is 12.7. The molecule has 0 aromatic heterocycles. The molecule has 0 saturated carbocycles. The molecule has 0 fully saturated rings. The Morgan fingerprint density at radius 1 is 1.09 bits per heavy atom. The van der Waals surface area contributed by atoms with Crippen molar-refractivity contribution < 1.29 is 9.59 Å². The maximum Gasteiger partial charge on any atom is 0.261 e. The van der Waals surface area contributed by atoms with Crippen molar-refractivity contribution in [3.8, 4) is 0 Å². The Hall–Kier alpha value is -2.40. The molecule has 0 aliphatic carbocycles. The van der Waals surface area contributed by atoms with Crippen molar-refractivity contribution in [1.29, 1.82) is 0 Å². The molecule has 3 rings (SSSR count). The smallest absolute Gasteiger partial charge is 0.261 e. The molecular formula is C18H21N3O2. The van der Waals surface area contributed by atoms with Gasteiger partial charge in [-0.25, -0.2) is 0 Å². The van der Waals surface area contributed by atoms with Crippen LogP contribution in [0.25, 0.3) is 10.8 Å². The van der Waals surface area contributed by atoms with E-state index in [-0.39, 0.29) is 11.8 Å². The minimum Gasteiger partial charge on any atom is -0.383 e. The summed E-state index contributed by atoms with van der Waals surface area (Å²) in [7, 11) is 0. The number of unbranched alkanes of at least 4 members (excludes halogenated alkanes) is 1. The van der Waals surface area contributed by atoms with Gasteiger partial charge in [0.15, 0.2) is 0 Å². The van der Waals surface area contributed by atoms with Crippen LogP contribution in [0.2, 0.25) is 0 Å². The zero-order valence-corrected chi connectivity index (χ0v) is 13.3. The Kier molecular flexibility index (Phi) is 4.30. The van der Waals surface area contributed by atoms with E-state index in [1.165, 1.54) is 4.90 Å². The molecule has 0 atom stereocenters. The lowest BCUT2D eigenvalue weighted by molar-refractivity contribution is 0.0608. The quantitative estimate of drug-likeness (QED) is 0.804. The van der Waals surface area contributed by atoms with Crippen LogP contribution in [-0.2, 0) is 0 Å². The molecule has 0 saturated heterocycles. The average Bonchev–Trinajstić information content (AvgIpc) is 2.58. The van der Waals surface area contributed by atoms with Crippen molar-refractivity contribution in [3.05, 3.63) is 41.5 Å². The number of carbonyl (C=O) groups is 2. The fourth-order valence-electron chi connectivity index (χ4n) is 3.03. The van der Waals surface area contributed by atoms with Crippen molar-refractivity contribution in [2.75, 3.05) is 25.0 Å². The largest absolute Gasteiger partial charge is 0.383 e. The Bertz CT molecular complexity index is 748. The SMILES string of the molecule is CCCCN1C(=O)c2cccc3c(NCCN)ccc(c23)C1=O. The van der Waals surface area contributed by atoms with E-state index >= 15 is 0 Å². The number of nitrogens with zero attached hydrogens (tertiary/aromatic N) is 1. The maximum absolute atomic E-state index is 12.7. The first kappa shape index (κ1) is 15.5. The molecule has 120 valence electrons. The number of carbonyl (C=O) groups excluding carboxylic acids is 2. The van der Waals surface area contributed by atoms with Gasteiger partial charge in [0.05, 0.1) is 0 Å². The van der Waals surface area contributed by atoms with E-state index in [4.69, 9.17) is 5.73 Å². The summed E-state index contributed by atoms with van der Waals surface area (Å²) in [6.07, 6.45) is 1.76. The van der Waals surface area contributed by atoms with Gasteiger partial charge in [0.25, 0.3) is 11.8 Å². The first-order valence-corrected chi connectivity index (χ1v) is 8.05. The summed E-state index contributed by atoms with van der Waals surface area (Å²) >= 11 is 0.